The van der Waals surface area contributed by atoms with E-state index in [1.807, 2.05) is 0 Å². The van der Waals surface area contributed by atoms with E-state index in [1.54, 1.807) is 6.92 Å². The standard InChI is InChI=1S/C15H21BrFNO/c1-4-11(5-2)14(16)9-18-15(19)13-7-6-12(17)8-10(13)3/h6-8,11,14H,4-5,9H2,1-3H3,(H,18,19). The molecule has 1 N–H and O–H groups in total. The van der Waals surface area contributed by atoms with Crippen LogP contribution in [0.15, 0.2) is 18.2 Å². The summed E-state index contributed by atoms with van der Waals surface area (Å²) in [5.74, 6) is 0.0898. The first-order chi connectivity index (χ1) is 8.99. The lowest BCUT2D eigenvalue weighted by Gasteiger charge is -2.20. The summed E-state index contributed by atoms with van der Waals surface area (Å²) in [6.07, 6.45) is 2.16. The van der Waals surface area contributed by atoms with Gasteiger partial charge in [0.25, 0.3) is 5.91 Å². The fourth-order valence-electron chi connectivity index (χ4n) is 2.13. The molecule has 2 nitrogen and oxygen atoms in total. The first kappa shape index (κ1) is 16.2. The number of hydrogen-bond acceptors (Lipinski definition) is 1. The fourth-order valence-corrected chi connectivity index (χ4v) is 3.04. The number of halogens is 2. The van der Waals surface area contributed by atoms with E-state index in [0.29, 0.717) is 23.6 Å². The van der Waals surface area contributed by atoms with Crippen molar-refractivity contribution in [2.75, 3.05) is 6.54 Å². The zero-order valence-corrected chi connectivity index (χ0v) is 13.3. The Morgan fingerprint density at radius 2 is 2.00 bits per heavy atom. The largest absolute Gasteiger partial charge is 0.351 e. The van der Waals surface area contributed by atoms with Crippen molar-refractivity contribution in [3.63, 3.8) is 0 Å². The molecule has 0 aliphatic rings. The summed E-state index contributed by atoms with van der Waals surface area (Å²) in [6, 6.07) is 4.22. The minimum Gasteiger partial charge on any atom is -0.351 e. The van der Waals surface area contributed by atoms with E-state index < -0.39 is 0 Å². The molecule has 4 heteroatoms. The second-order valence-electron chi connectivity index (χ2n) is 4.76. The summed E-state index contributed by atoms with van der Waals surface area (Å²) in [5.41, 5.74) is 1.19. The third-order valence-electron chi connectivity index (χ3n) is 3.45. The minimum atomic E-state index is -0.315. The maximum atomic E-state index is 13.0. The molecule has 0 bridgehead atoms. The van der Waals surface area contributed by atoms with Crippen LogP contribution in [-0.4, -0.2) is 17.3 Å². The van der Waals surface area contributed by atoms with Crippen LogP contribution in [0.5, 0.6) is 0 Å². The first-order valence-corrected chi connectivity index (χ1v) is 7.59. The van der Waals surface area contributed by atoms with Gasteiger partial charge in [0.1, 0.15) is 5.82 Å². The molecule has 0 aliphatic carbocycles. The molecule has 1 rings (SSSR count). The topological polar surface area (TPSA) is 29.1 Å². The highest BCUT2D eigenvalue weighted by atomic mass is 79.9. The number of alkyl halides is 1. The molecule has 0 saturated carbocycles. The third kappa shape index (κ3) is 4.60. The van der Waals surface area contributed by atoms with Crippen LogP contribution in [-0.2, 0) is 0 Å². The number of aryl methyl sites for hydroxylation is 1. The van der Waals surface area contributed by atoms with Gasteiger partial charge in [-0.2, -0.15) is 0 Å². The molecular weight excluding hydrogens is 309 g/mol. The number of rotatable bonds is 6. The Labute approximate surface area is 122 Å². The van der Waals surface area contributed by atoms with Gasteiger partial charge in [0.15, 0.2) is 0 Å². The minimum absolute atomic E-state index is 0.145. The van der Waals surface area contributed by atoms with Crippen LogP contribution in [0.25, 0.3) is 0 Å². The Kier molecular flexibility index (Phi) is 6.49. The predicted molar refractivity (Wildman–Crippen MR) is 80.3 cm³/mol. The number of amides is 1. The van der Waals surface area contributed by atoms with Crippen LogP contribution in [0.2, 0.25) is 0 Å². The second kappa shape index (κ2) is 7.63. The summed E-state index contributed by atoms with van der Waals surface area (Å²) in [4.78, 5) is 12.3. The van der Waals surface area contributed by atoms with Gasteiger partial charge in [0.2, 0.25) is 0 Å². The van der Waals surface area contributed by atoms with E-state index in [4.69, 9.17) is 0 Å². The summed E-state index contributed by atoms with van der Waals surface area (Å²) in [6.45, 7) is 6.62. The fraction of sp³-hybridized carbons (Fsp3) is 0.533. The van der Waals surface area contributed by atoms with Crippen molar-refractivity contribution >= 4 is 21.8 Å². The molecular formula is C15H21BrFNO. The Morgan fingerprint density at radius 1 is 1.37 bits per heavy atom. The van der Waals surface area contributed by atoms with Gasteiger partial charge in [-0.3, -0.25) is 4.79 Å². The Bertz CT molecular complexity index is 432. The molecule has 0 radical (unpaired) electrons. The van der Waals surface area contributed by atoms with Crippen LogP contribution in [0.3, 0.4) is 0 Å². The molecule has 0 aromatic heterocycles. The molecule has 0 heterocycles. The van der Waals surface area contributed by atoms with Crippen LogP contribution in [0, 0.1) is 18.7 Å². The first-order valence-electron chi connectivity index (χ1n) is 6.68. The van der Waals surface area contributed by atoms with E-state index in [0.717, 1.165) is 12.8 Å². The zero-order valence-electron chi connectivity index (χ0n) is 11.7. The molecule has 1 atom stereocenters. The van der Waals surface area contributed by atoms with Gasteiger partial charge in [0.05, 0.1) is 0 Å². The average molecular weight is 330 g/mol. The highest BCUT2D eigenvalue weighted by molar-refractivity contribution is 9.09. The van der Waals surface area contributed by atoms with Crippen molar-refractivity contribution in [3.05, 3.63) is 35.1 Å². The van der Waals surface area contributed by atoms with Crippen LogP contribution in [0.1, 0.15) is 42.6 Å². The zero-order chi connectivity index (χ0) is 14.4. The predicted octanol–water partition coefficient (Wildman–Crippen LogP) is 4.06. The van der Waals surface area contributed by atoms with Gasteiger partial charge >= 0.3 is 0 Å². The SMILES string of the molecule is CCC(CC)C(Br)CNC(=O)c1ccc(F)cc1C. The molecule has 19 heavy (non-hydrogen) atoms. The highest BCUT2D eigenvalue weighted by Gasteiger charge is 2.17. The van der Waals surface area contributed by atoms with Gasteiger partial charge < -0.3 is 5.32 Å². The molecule has 1 amide bonds. The van der Waals surface area contributed by atoms with Gasteiger partial charge in [-0.05, 0) is 36.6 Å². The van der Waals surface area contributed by atoms with E-state index >= 15 is 0 Å². The normalized spacial score (nSPS) is 12.5. The van der Waals surface area contributed by atoms with Crippen molar-refractivity contribution in [1.29, 1.82) is 0 Å². The molecule has 0 saturated heterocycles. The molecule has 106 valence electrons. The number of carbonyl (C=O) groups excluding carboxylic acids is 1. The summed E-state index contributed by atoms with van der Waals surface area (Å²) < 4.78 is 13.0. The van der Waals surface area contributed by atoms with E-state index in [2.05, 4.69) is 35.1 Å². The Balaban J connectivity index is 2.60. The van der Waals surface area contributed by atoms with Crippen LogP contribution < -0.4 is 5.32 Å². The Hall–Kier alpha value is -0.900. The highest BCUT2D eigenvalue weighted by Crippen LogP contribution is 2.19. The van der Waals surface area contributed by atoms with Crippen molar-refractivity contribution in [1.82, 2.24) is 5.32 Å². The van der Waals surface area contributed by atoms with Gasteiger partial charge in [-0.1, -0.05) is 42.6 Å². The number of carbonyl (C=O) groups is 1. The quantitative estimate of drug-likeness (QED) is 0.783. The maximum absolute atomic E-state index is 13.0. The third-order valence-corrected chi connectivity index (χ3v) is 4.52. The van der Waals surface area contributed by atoms with Crippen LogP contribution in [0.4, 0.5) is 4.39 Å². The van der Waals surface area contributed by atoms with Crippen molar-refractivity contribution < 1.29 is 9.18 Å². The van der Waals surface area contributed by atoms with Gasteiger partial charge in [-0.15, -0.1) is 0 Å². The van der Waals surface area contributed by atoms with E-state index in [1.165, 1.54) is 18.2 Å². The molecule has 0 spiro atoms. The molecule has 1 aromatic rings. The number of hydrogen-bond donors (Lipinski definition) is 1. The van der Waals surface area contributed by atoms with Crippen LogP contribution >= 0.6 is 15.9 Å². The lowest BCUT2D eigenvalue weighted by molar-refractivity contribution is 0.0951. The van der Waals surface area contributed by atoms with Gasteiger partial charge in [-0.25, -0.2) is 4.39 Å². The lowest BCUT2D eigenvalue weighted by atomic mass is 9.99. The lowest BCUT2D eigenvalue weighted by Crippen LogP contribution is -2.33. The number of benzene rings is 1. The summed E-state index contributed by atoms with van der Waals surface area (Å²) in [5, 5.41) is 2.90. The van der Waals surface area contributed by atoms with Crippen molar-refractivity contribution in [2.24, 2.45) is 5.92 Å². The summed E-state index contributed by atoms with van der Waals surface area (Å²) >= 11 is 3.62. The second-order valence-corrected chi connectivity index (χ2v) is 5.94. The molecule has 0 fully saturated rings. The molecule has 1 unspecified atom stereocenters. The molecule has 1 aromatic carbocycles. The Morgan fingerprint density at radius 3 is 2.53 bits per heavy atom. The smallest absolute Gasteiger partial charge is 0.251 e. The average Bonchev–Trinajstić information content (AvgIpc) is 2.37. The molecule has 0 aliphatic heterocycles. The van der Waals surface area contributed by atoms with Gasteiger partial charge in [0, 0.05) is 16.9 Å². The van der Waals surface area contributed by atoms with Crippen molar-refractivity contribution in [2.45, 2.75) is 38.4 Å². The summed E-state index contributed by atoms with van der Waals surface area (Å²) in [7, 11) is 0. The monoisotopic (exact) mass is 329 g/mol. The maximum Gasteiger partial charge on any atom is 0.251 e. The van der Waals surface area contributed by atoms with E-state index in [9.17, 15) is 9.18 Å². The van der Waals surface area contributed by atoms with Crippen molar-refractivity contribution in [3.8, 4) is 0 Å². The van der Waals surface area contributed by atoms with E-state index in [-0.39, 0.29) is 16.6 Å². The number of nitrogens with one attached hydrogen (secondary N) is 1.